The lowest BCUT2D eigenvalue weighted by Gasteiger charge is -2.10. The van der Waals surface area contributed by atoms with E-state index in [4.69, 9.17) is 4.74 Å². The SMILES string of the molecule is CC.CC.CCOC(CC)CC. The van der Waals surface area contributed by atoms with Crippen molar-refractivity contribution in [3.8, 4) is 0 Å². The Labute approximate surface area is 79.5 Å². The minimum Gasteiger partial charge on any atom is -0.379 e. The standard InChI is InChI=1S/C7H16O.2C2H6/c1-4-7(5-2)8-6-3;2*1-2/h7H,4-6H2,1-3H3;2*1-2H3. The van der Waals surface area contributed by atoms with Crippen molar-refractivity contribution in [2.75, 3.05) is 6.61 Å². The zero-order valence-corrected chi connectivity index (χ0v) is 10.1. The Morgan fingerprint density at radius 2 is 1.17 bits per heavy atom. The molecule has 0 fully saturated rings. The monoisotopic (exact) mass is 176 g/mol. The van der Waals surface area contributed by atoms with Gasteiger partial charge in [0.25, 0.3) is 0 Å². The van der Waals surface area contributed by atoms with Gasteiger partial charge >= 0.3 is 0 Å². The summed E-state index contributed by atoms with van der Waals surface area (Å²) in [7, 11) is 0. The highest BCUT2D eigenvalue weighted by atomic mass is 16.5. The maximum Gasteiger partial charge on any atom is 0.0569 e. The van der Waals surface area contributed by atoms with Gasteiger partial charge in [0.2, 0.25) is 0 Å². The molecule has 0 heterocycles. The molecule has 0 amide bonds. The molecule has 0 saturated carbocycles. The van der Waals surface area contributed by atoms with Crippen molar-refractivity contribution in [1.29, 1.82) is 0 Å². The van der Waals surface area contributed by atoms with Crippen molar-refractivity contribution in [2.45, 2.75) is 67.4 Å². The Balaban J connectivity index is -0.000000175. The summed E-state index contributed by atoms with van der Waals surface area (Å²) in [4.78, 5) is 0. The van der Waals surface area contributed by atoms with E-state index in [0.717, 1.165) is 19.4 Å². The minimum absolute atomic E-state index is 0.500. The van der Waals surface area contributed by atoms with Crippen LogP contribution in [-0.2, 0) is 4.74 Å². The molecule has 0 unspecified atom stereocenters. The second-order valence-electron chi connectivity index (χ2n) is 1.89. The second-order valence-corrected chi connectivity index (χ2v) is 1.89. The molecular formula is C11H28O. The summed E-state index contributed by atoms with van der Waals surface area (Å²) in [6, 6.07) is 0. The predicted octanol–water partition coefficient (Wildman–Crippen LogP) is 4.26. The van der Waals surface area contributed by atoms with Gasteiger partial charge in [-0.3, -0.25) is 0 Å². The fourth-order valence-electron chi connectivity index (χ4n) is 0.760. The van der Waals surface area contributed by atoms with Gasteiger partial charge in [-0.15, -0.1) is 0 Å². The summed E-state index contributed by atoms with van der Waals surface area (Å²) in [6.07, 6.45) is 2.79. The van der Waals surface area contributed by atoms with Gasteiger partial charge in [0.05, 0.1) is 6.10 Å². The van der Waals surface area contributed by atoms with Gasteiger partial charge in [0.15, 0.2) is 0 Å². The van der Waals surface area contributed by atoms with Gasteiger partial charge in [-0.2, -0.15) is 0 Å². The number of hydrogen-bond acceptors (Lipinski definition) is 1. The first kappa shape index (κ1) is 17.9. The van der Waals surface area contributed by atoms with E-state index in [1.807, 2.05) is 34.6 Å². The number of ether oxygens (including phenoxy) is 1. The first-order valence-electron chi connectivity index (χ1n) is 5.46. The van der Waals surface area contributed by atoms with Gasteiger partial charge < -0.3 is 4.74 Å². The van der Waals surface area contributed by atoms with Crippen molar-refractivity contribution in [3.05, 3.63) is 0 Å². The molecule has 0 bridgehead atoms. The van der Waals surface area contributed by atoms with Gasteiger partial charge in [0.1, 0.15) is 0 Å². The maximum absolute atomic E-state index is 5.34. The van der Waals surface area contributed by atoms with Crippen LogP contribution in [0.3, 0.4) is 0 Å². The van der Waals surface area contributed by atoms with Crippen molar-refractivity contribution < 1.29 is 4.74 Å². The fraction of sp³-hybridized carbons (Fsp3) is 1.00. The van der Waals surface area contributed by atoms with Crippen LogP contribution in [0.4, 0.5) is 0 Å². The maximum atomic E-state index is 5.34. The average molecular weight is 176 g/mol. The summed E-state index contributed by atoms with van der Waals surface area (Å²) in [6.45, 7) is 15.2. The Morgan fingerprint density at radius 3 is 1.25 bits per heavy atom. The van der Waals surface area contributed by atoms with Crippen LogP contribution >= 0.6 is 0 Å². The van der Waals surface area contributed by atoms with Crippen molar-refractivity contribution in [3.63, 3.8) is 0 Å². The van der Waals surface area contributed by atoms with Crippen LogP contribution in [0, 0.1) is 0 Å². The molecule has 0 radical (unpaired) electrons. The predicted molar refractivity (Wildman–Crippen MR) is 58.7 cm³/mol. The largest absolute Gasteiger partial charge is 0.379 e. The lowest BCUT2D eigenvalue weighted by atomic mass is 10.2. The molecule has 0 N–H and O–H groups in total. The lowest BCUT2D eigenvalue weighted by Crippen LogP contribution is -2.08. The number of hydrogen-bond donors (Lipinski definition) is 0. The zero-order chi connectivity index (χ0) is 10.4. The van der Waals surface area contributed by atoms with Crippen LogP contribution in [0.2, 0.25) is 0 Å². The zero-order valence-electron chi connectivity index (χ0n) is 10.1. The van der Waals surface area contributed by atoms with E-state index < -0.39 is 0 Å². The van der Waals surface area contributed by atoms with E-state index in [0.29, 0.717) is 6.10 Å². The highest BCUT2D eigenvalue weighted by Gasteiger charge is 1.98. The van der Waals surface area contributed by atoms with Crippen LogP contribution in [-0.4, -0.2) is 12.7 Å². The molecule has 0 aliphatic carbocycles. The molecule has 0 aromatic rings. The Kier molecular flexibility index (Phi) is 33.5. The average Bonchev–Trinajstić information content (AvgIpc) is 2.20. The van der Waals surface area contributed by atoms with Crippen LogP contribution in [0.15, 0.2) is 0 Å². The van der Waals surface area contributed by atoms with E-state index >= 15 is 0 Å². The van der Waals surface area contributed by atoms with Crippen molar-refractivity contribution in [2.24, 2.45) is 0 Å². The van der Waals surface area contributed by atoms with Gasteiger partial charge in [0, 0.05) is 6.61 Å². The Hall–Kier alpha value is -0.0400. The molecule has 0 aliphatic rings. The molecule has 0 aromatic carbocycles. The Bertz CT molecular complexity index is 40.3. The Morgan fingerprint density at radius 1 is 0.833 bits per heavy atom. The molecule has 0 rings (SSSR count). The topological polar surface area (TPSA) is 9.23 Å². The lowest BCUT2D eigenvalue weighted by molar-refractivity contribution is 0.0578. The van der Waals surface area contributed by atoms with Crippen molar-refractivity contribution >= 4 is 0 Å². The summed E-state index contributed by atoms with van der Waals surface area (Å²) >= 11 is 0. The third-order valence-corrected chi connectivity index (χ3v) is 1.31. The molecule has 0 saturated heterocycles. The quantitative estimate of drug-likeness (QED) is 0.621. The van der Waals surface area contributed by atoms with E-state index in [9.17, 15) is 0 Å². The summed E-state index contributed by atoms with van der Waals surface area (Å²) in [5.74, 6) is 0. The van der Waals surface area contributed by atoms with Gasteiger partial charge in [-0.25, -0.2) is 0 Å². The molecule has 12 heavy (non-hydrogen) atoms. The summed E-state index contributed by atoms with van der Waals surface area (Å²) in [5, 5.41) is 0. The van der Waals surface area contributed by atoms with E-state index in [-0.39, 0.29) is 0 Å². The molecule has 0 spiro atoms. The van der Waals surface area contributed by atoms with Crippen LogP contribution in [0.5, 0.6) is 0 Å². The minimum atomic E-state index is 0.500. The van der Waals surface area contributed by atoms with Crippen LogP contribution in [0.25, 0.3) is 0 Å². The third-order valence-electron chi connectivity index (χ3n) is 1.31. The molecule has 78 valence electrons. The smallest absolute Gasteiger partial charge is 0.0569 e. The highest BCUT2D eigenvalue weighted by Crippen LogP contribution is 2.00. The normalized spacial score (nSPS) is 8.00. The summed E-state index contributed by atoms with van der Waals surface area (Å²) in [5.41, 5.74) is 0. The van der Waals surface area contributed by atoms with Gasteiger partial charge in [-0.1, -0.05) is 41.5 Å². The van der Waals surface area contributed by atoms with Crippen LogP contribution < -0.4 is 0 Å². The van der Waals surface area contributed by atoms with Gasteiger partial charge in [-0.05, 0) is 19.8 Å². The molecule has 0 atom stereocenters. The summed E-state index contributed by atoms with van der Waals surface area (Å²) < 4.78 is 5.34. The third kappa shape index (κ3) is 16.5. The second kappa shape index (κ2) is 22.4. The molecule has 0 aliphatic heterocycles. The molecule has 1 heteroatoms. The molecule has 1 nitrogen and oxygen atoms in total. The van der Waals surface area contributed by atoms with E-state index in [1.54, 1.807) is 0 Å². The van der Waals surface area contributed by atoms with E-state index in [2.05, 4.69) is 13.8 Å². The molecular weight excluding hydrogens is 148 g/mol. The first-order valence-corrected chi connectivity index (χ1v) is 5.46. The van der Waals surface area contributed by atoms with Crippen molar-refractivity contribution in [1.82, 2.24) is 0 Å². The number of rotatable bonds is 4. The van der Waals surface area contributed by atoms with Crippen LogP contribution in [0.1, 0.15) is 61.3 Å². The first-order chi connectivity index (χ1) is 5.85. The highest BCUT2D eigenvalue weighted by molar-refractivity contribution is 4.48. The molecule has 0 aromatic heterocycles. The fourth-order valence-corrected chi connectivity index (χ4v) is 0.760. The van der Waals surface area contributed by atoms with E-state index in [1.165, 1.54) is 0 Å².